The molecule has 1 saturated carbocycles. The number of aromatic nitrogens is 1. The van der Waals surface area contributed by atoms with Crippen molar-refractivity contribution < 1.29 is 9.32 Å². The second-order valence-corrected chi connectivity index (χ2v) is 4.73. The van der Waals surface area contributed by atoms with Crippen LogP contribution in [0, 0.1) is 0 Å². The molecule has 0 unspecified atom stereocenters. The first-order valence-corrected chi connectivity index (χ1v) is 6.12. The van der Waals surface area contributed by atoms with Gasteiger partial charge < -0.3 is 15.2 Å². The number of anilines is 1. The zero-order chi connectivity index (χ0) is 12.1. The SMILES string of the molecule is CNC1(CC(=O)Nc2cnoc2)CCCCC1. The van der Waals surface area contributed by atoms with Gasteiger partial charge in [-0.25, -0.2) is 0 Å². The maximum atomic E-state index is 11.9. The zero-order valence-electron chi connectivity index (χ0n) is 10.2. The summed E-state index contributed by atoms with van der Waals surface area (Å²) in [5.74, 6) is 0.0180. The Kier molecular flexibility index (Phi) is 3.78. The standard InChI is InChI=1S/C12H19N3O2/c1-13-12(5-3-2-4-6-12)7-11(16)15-10-8-14-17-9-10/h8-9,13H,2-7H2,1H3,(H,15,16). The van der Waals surface area contributed by atoms with Crippen LogP contribution in [-0.4, -0.2) is 23.7 Å². The van der Waals surface area contributed by atoms with Crippen LogP contribution in [0.3, 0.4) is 0 Å². The molecule has 0 aromatic carbocycles. The molecule has 5 heteroatoms. The Morgan fingerprint density at radius 1 is 1.47 bits per heavy atom. The maximum absolute atomic E-state index is 11.9. The lowest BCUT2D eigenvalue weighted by molar-refractivity contribution is -0.117. The van der Waals surface area contributed by atoms with Gasteiger partial charge in [0.05, 0.1) is 6.20 Å². The van der Waals surface area contributed by atoms with Crippen molar-refractivity contribution in [1.29, 1.82) is 0 Å². The van der Waals surface area contributed by atoms with E-state index in [0.717, 1.165) is 12.8 Å². The number of amides is 1. The molecule has 94 valence electrons. The largest absolute Gasteiger partial charge is 0.363 e. The first kappa shape index (κ1) is 12.1. The third-order valence-electron chi connectivity index (χ3n) is 3.56. The predicted octanol–water partition coefficient (Wildman–Crippen LogP) is 1.93. The second-order valence-electron chi connectivity index (χ2n) is 4.73. The molecule has 1 fully saturated rings. The fourth-order valence-electron chi connectivity index (χ4n) is 2.52. The predicted molar refractivity (Wildman–Crippen MR) is 64.6 cm³/mol. The van der Waals surface area contributed by atoms with E-state index in [1.54, 1.807) is 0 Å². The van der Waals surface area contributed by atoms with E-state index in [2.05, 4.69) is 20.3 Å². The fraction of sp³-hybridized carbons (Fsp3) is 0.667. The van der Waals surface area contributed by atoms with Crippen molar-refractivity contribution in [2.45, 2.75) is 44.1 Å². The number of carbonyl (C=O) groups excluding carboxylic acids is 1. The van der Waals surface area contributed by atoms with Crippen LogP contribution in [-0.2, 0) is 4.79 Å². The summed E-state index contributed by atoms with van der Waals surface area (Å²) in [6.07, 6.45) is 9.25. The zero-order valence-corrected chi connectivity index (χ0v) is 10.2. The highest BCUT2D eigenvalue weighted by molar-refractivity contribution is 5.91. The summed E-state index contributed by atoms with van der Waals surface area (Å²) in [5, 5.41) is 9.68. The Morgan fingerprint density at radius 2 is 2.24 bits per heavy atom. The lowest BCUT2D eigenvalue weighted by Crippen LogP contribution is -2.47. The van der Waals surface area contributed by atoms with E-state index in [1.165, 1.54) is 31.7 Å². The molecule has 1 aromatic heterocycles. The molecular weight excluding hydrogens is 218 g/mol. The van der Waals surface area contributed by atoms with Crippen LogP contribution in [0.25, 0.3) is 0 Å². The summed E-state index contributed by atoms with van der Waals surface area (Å²) in [4.78, 5) is 11.9. The van der Waals surface area contributed by atoms with Crippen LogP contribution in [0.4, 0.5) is 5.69 Å². The monoisotopic (exact) mass is 237 g/mol. The molecule has 5 nitrogen and oxygen atoms in total. The molecular formula is C12H19N3O2. The third-order valence-corrected chi connectivity index (χ3v) is 3.56. The van der Waals surface area contributed by atoms with Gasteiger partial charge in [0.25, 0.3) is 0 Å². The average Bonchev–Trinajstić information content (AvgIpc) is 2.83. The summed E-state index contributed by atoms with van der Waals surface area (Å²) in [7, 11) is 1.94. The number of hydrogen-bond donors (Lipinski definition) is 2. The first-order chi connectivity index (χ1) is 8.24. The van der Waals surface area contributed by atoms with Gasteiger partial charge in [0.15, 0.2) is 0 Å². The van der Waals surface area contributed by atoms with E-state index in [4.69, 9.17) is 0 Å². The van der Waals surface area contributed by atoms with E-state index in [-0.39, 0.29) is 11.4 Å². The molecule has 0 aliphatic heterocycles. The molecule has 2 N–H and O–H groups in total. The van der Waals surface area contributed by atoms with E-state index in [1.807, 2.05) is 7.05 Å². The topological polar surface area (TPSA) is 67.2 Å². The Balaban J connectivity index is 1.91. The van der Waals surface area contributed by atoms with Crippen LogP contribution < -0.4 is 10.6 Å². The summed E-state index contributed by atoms with van der Waals surface area (Å²) in [5.41, 5.74) is 0.594. The van der Waals surface area contributed by atoms with Crippen LogP contribution in [0.1, 0.15) is 38.5 Å². The van der Waals surface area contributed by atoms with Gasteiger partial charge in [-0.05, 0) is 19.9 Å². The number of carbonyl (C=O) groups is 1. The minimum atomic E-state index is -0.0283. The highest BCUT2D eigenvalue weighted by atomic mass is 16.5. The molecule has 2 rings (SSSR count). The smallest absolute Gasteiger partial charge is 0.226 e. The molecule has 1 heterocycles. The van der Waals surface area contributed by atoms with E-state index in [0.29, 0.717) is 12.1 Å². The summed E-state index contributed by atoms with van der Waals surface area (Å²) in [6, 6.07) is 0. The molecule has 1 amide bonds. The molecule has 1 aliphatic carbocycles. The van der Waals surface area contributed by atoms with Crippen LogP contribution in [0.2, 0.25) is 0 Å². The normalized spacial score (nSPS) is 18.9. The first-order valence-electron chi connectivity index (χ1n) is 6.12. The van der Waals surface area contributed by atoms with Crippen molar-refractivity contribution >= 4 is 11.6 Å². The number of rotatable bonds is 4. The Hall–Kier alpha value is -1.36. The van der Waals surface area contributed by atoms with Gasteiger partial charge in [-0.15, -0.1) is 0 Å². The van der Waals surface area contributed by atoms with E-state index in [9.17, 15) is 4.79 Å². The van der Waals surface area contributed by atoms with E-state index < -0.39 is 0 Å². The Morgan fingerprint density at radius 3 is 2.82 bits per heavy atom. The molecule has 0 atom stereocenters. The van der Waals surface area contributed by atoms with Crippen molar-refractivity contribution in [3.8, 4) is 0 Å². The molecule has 0 saturated heterocycles. The van der Waals surface area contributed by atoms with Crippen LogP contribution >= 0.6 is 0 Å². The van der Waals surface area contributed by atoms with Crippen LogP contribution in [0.5, 0.6) is 0 Å². The number of nitrogens with zero attached hydrogens (tertiary/aromatic N) is 1. The van der Waals surface area contributed by atoms with Gasteiger partial charge in [-0.3, -0.25) is 4.79 Å². The highest BCUT2D eigenvalue weighted by Gasteiger charge is 2.32. The van der Waals surface area contributed by atoms with Crippen molar-refractivity contribution in [1.82, 2.24) is 10.5 Å². The Bertz CT molecular complexity index is 356. The lowest BCUT2D eigenvalue weighted by Gasteiger charge is -2.36. The summed E-state index contributed by atoms with van der Waals surface area (Å²) in [6.45, 7) is 0. The van der Waals surface area contributed by atoms with Crippen molar-refractivity contribution in [3.63, 3.8) is 0 Å². The highest BCUT2D eigenvalue weighted by Crippen LogP contribution is 2.30. The molecule has 0 bridgehead atoms. The van der Waals surface area contributed by atoms with Gasteiger partial charge in [0.1, 0.15) is 12.0 Å². The molecule has 0 spiro atoms. The Labute approximate surface area is 101 Å². The van der Waals surface area contributed by atoms with Crippen molar-refractivity contribution in [2.75, 3.05) is 12.4 Å². The molecule has 1 aliphatic rings. The molecule has 1 aromatic rings. The fourth-order valence-corrected chi connectivity index (χ4v) is 2.52. The van der Waals surface area contributed by atoms with Gasteiger partial charge in [0.2, 0.25) is 5.91 Å². The van der Waals surface area contributed by atoms with Crippen LogP contribution in [0.15, 0.2) is 17.0 Å². The number of nitrogens with one attached hydrogen (secondary N) is 2. The molecule has 0 radical (unpaired) electrons. The third kappa shape index (κ3) is 3.06. The van der Waals surface area contributed by atoms with Crippen molar-refractivity contribution in [2.24, 2.45) is 0 Å². The van der Waals surface area contributed by atoms with Crippen molar-refractivity contribution in [3.05, 3.63) is 12.5 Å². The minimum absolute atomic E-state index is 0.0180. The number of hydrogen-bond acceptors (Lipinski definition) is 4. The quantitative estimate of drug-likeness (QED) is 0.839. The second kappa shape index (κ2) is 5.31. The maximum Gasteiger partial charge on any atom is 0.226 e. The van der Waals surface area contributed by atoms with Gasteiger partial charge in [-0.2, -0.15) is 0 Å². The minimum Gasteiger partial charge on any atom is -0.363 e. The summed E-state index contributed by atoms with van der Waals surface area (Å²) >= 11 is 0. The average molecular weight is 237 g/mol. The van der Waals surface area contributed by atoms with Gasteiger partial charge in [-0.1, -0.05) is 24.4 Å². The summed E-state index contributed by atoms with van der Waals surface area (Å²) < 4.78 is 4.68. The van der Waals surface area contributed by atoms with E-state index >= 15 is 0 Å². The van der Waals surface area contributed by atoms with Gasteiger partial charge >= 0.3 is 0 Å². The van der Waals surface area contributed by atoms with Gasteiger partial charge in [0, 0.05) is 12.0 Å². The lowest BCUT2D eigenvalue weighted by atomic mass is 9.79. The molecule has 17 heavy (non-hydrogen) atoms.